The molecule has 26 heavy (non-hydrogen) atoms. The third-order valence-corrected chi connectivity index (χ3v) is 6.20. The van der Waals surface area contributed by atoms with E-state index in [9.17, 15) is 18.5 Å². The first-order valence-electron chi connectivity index (χ1n) is 8.02. The van der Waals surface area contributed by atoms with Gasteiger partial charge in [-0.1, -0.05) is 34.5 Å². The summed E-state index contributed by atoms with van der Waals surface area (Å²) >= 11 is 3.48. The number of halogens is 1. The minimum Gasteiger partial charge on any atom is -0.384 e. The monoisotopic (exact) mass is 439 g/mol. The lowest BCUT2D eigenvalue weighted by atomic mass is 9.64. The SMILES string of the molecule is NS(=O)(=O)c1cc(NCC2(c3cccc(Br)c3)CCC2)cc([N+](=O)[O-])c1. The van der Waals surface area contributed by atoms with Gasteiger partial charge >= 0.3 is 0 Å². The van der Waals surface area contributed by atoms with E-state index in [1.165, 1.54) is 17.7 Å². The summed E-state index contributed by atoms with van der Waals surface area (Å²) in [4.78, 5) is 10.2. The summed E-state index contributed by atoms with van der Waals surface area (Å²) in [7, 11) is -4.04. The summed E-state index contributed by atoms with van der Waals surface area (Å²) in [5, 5.41) is 19.4. The number of nitrogens with zero attached hydrogens (tertiary/aromatic N) is 1. The number of hydrogen-bond acceptors (Lipinski definition) is 5. The van der Waals surface area contributed by atoms with Crippen molar-refractivity contribution >= 4 is 37.3 Å². The molecule has 9 heteroatoms. The molecule has 3 rings (SSSR count). The molecule has 0 aliphatic heterocycles. The molecule has 0 amide bonds. The van der Waals surface area contributed by atoms with Crippen molar-refractivity contribution in [3.05, 3.63) is 62.6 Å². The predicted molar refractivity (Wildman–Crippen MR) is 103 cm³/mol. The first-order chi connectivity index (χ1) is 12.2. The number of anilines is 1. The molecule has 0 spiro atoms. The zero-order valence-electron chi connectivity index (χ0n) is 13.8. The van der Waals surface area contributed by atoms with Gasteiger partial charge in [-0.25, -0.2) is 13.6 Å². The normalized spacial score (nSPS) is 15.9. The maximum Gasteiger partial charge on any atom is 0.272 e. The Bertz CT molecular complexity index is 958. The van der Waals surface area contributed by atoms with Gasteiger partial charge in [0, 0.05) is 34.3 Å². The molecule has 2 aromatic carbocycles. The number of nitro groups is 1. The fourth-order valence-electron chi connectivity index (χ4n) is 3.22. The number of hydrogen-bond donors (Lipinski definition) is 2. The van der Waals surface area contributed by atoms with Gasteiger partial charge < -0.3 is 5.32 Å². The van der Waals surface area contributed by atoms with E-state index >= 15 is 0 Å². The zero-order chi connectivity index (χ0) is 18.9. The second-order valence-electron chi connectivity index (χ2n) is 6.52. The van der Waals surface area contributed by atoms with Crippen molar-refractivity contribution in [3.63, 3.8) is 0 Å². The van der Waals surface area contributed by atoms with Gasteiger partial charge in [0.1, 0.15) is 0 Å². The lowest BCUT2D eigenvalue weighted by molar-refractivity contribution is -0.385. The second kappa shape index (κ2) is 6.98. The highest BCUT2D eigenvalue weighted by Crippen LogP contribution is 2.44. The van der Waals surface area contributed by atoms with E-state index in [1.54, 1.807) is 0 Å². The van der Waals surface area contributed by atoms with E-state index in [2.05, 4.69) is 33.4 Å². The third-order valence-electron chi connectivity index (χ3n) is 4.81. The molecular weight excluding hydrogens is 422 g/mol. The van der Waals surface area contributed by atoms with Gasteiger partial charge in [-0.3, -0.25) is 10.1 Å². The van der Waals surface area contributed by atoms with Crippen molar-refractivity contribution in [1.29, 1.82) is 0 Å². The van der Waals surface area contributed by atoms with Crippen LogP contribution in [0.15, 0.2) is 51.8 Å². The maximum atomic E-state index is 11.6. The topological polar surface area (TPSA) is 115 Å². The Kier molecular flexibility index (Phi) is 5.05. The average molecular weight is 440 g/mol. The molecule has 0 bridgehead atoms. The van der Waals surface area contributed by atoms with Gasteiger partial charge in [-0.15, -0.1) is 0 Å². The number of nitro benzene ring substituents is 1. The molecule has 1 saturated carbocycles. The van der Waals surface area contributed by atoms with Crippen molar-refractivity contribution < 1.29 is 13.3 Å². The van der Waals surface area contributed by atoms with Gasteiger partial charge in [-0.2, -0.15) is 0 Å². The second-order valence-corrected chi connectivity index (χ2v) is 8.99. The molecule has 0 heterocycles. The smallest absolute Gasteiger partial charge is 0.272 e. The molecule has 0 unspecified atom stereocenters. The number of rotatable bonds is 6. The molecule has 1 fully saturated rings. The Morgan fingerprint density at radius 3 is 2.50 bits per heavy atom. The van der Waals surface area contributed by atoms with Crippen LogP contribution in [0.2, 0.25) is 0 Å². The van der Waals surface area contributed by atoms with Crippen LogP contribution in [0.1, 0.15) is 24.8 Å². The van der Waals surface area contributed by atoms with Crippen LogP contribution in [-0.2, 0) is 15.4 Å². The Labute approximate surface area is 159 Å². The summed E-state index contributed by atoms with van der Waals surface area (Å²) in [6.45, 7) is 0.550. The van der Waals surface area contributed by atoms with Gasteiger partial charge in [0.2, 0.25) is 10.0 Å². The van der Waals surface area contributed by atoms with Gasteiger partial charge in [0.15, 0.2) is 0 Å². The summed E-state index contributed by atoms with van der Waals surface area (Å²) in [6, 6.07) is 11.7. The quantitative estimate of drug-likeness (QED) is 0.527. The van der Waals surface area contributed by atoms with E-state index < -0.39 is 14.9 Å². The maximum absolute atomic E-state index is 11.6. The van der Waals surface area contributed by atoms with E-state index in [0.717, 1.165) is 29.8 Å². The van der Waals surface area contributed by atoms with Crippen LogP contribution in [0.25, 0.3) is 0 Å². The minimum atomic E-state index is -4.04. The van der Waals surface area contributed by atoms with Crippen LogP contribution in [0.4, 0.5) is 11.4 Å². The van der Waals surface area contributed by atoms with Crippen LogP contribution < -0.4 is 10.5 Å². The van der Waals surface area contributed by atoms with E-state index in [0.29, 0.717) is 12.2 Å². The van der Waals surface area contributed by atoms with Crippen LogP contribution >= 0.6 is 15.9 Å². The molecular formula is C17H18BrN3O4S. The highest BCUT2D eigenvalue weighted by atomic mass is 79.9. The zero-order valence-corrected chi connectivity index (χ0v) is 16.2. The number of nitrogens with one attached hydrogen (secondary N) is 1. The van der Waals surface area contributed by atoms with E-state index in [4.69, 9.17) is 5.14 Å². The largest absolute Gasteiger partial charge is 0.384 e. The lowest BCUT2D eigenvalue weighted by Gasteiger charge is -2.43. The van der Waals surface area contributed by atoms with Crippen molar-refractivity contribution in [2.75, 3.05) is 11.9 Å². The standard InChI is InChI=1S/C17H18BrN3O4S/c18-13-4-1-3-12(7-13)17(5-2-6-17)11-20-14-8-15(21(22)23)10-16(9-14)26(19,24)25/h1,3-4,7-10,20H,2,5-6,11H2,(H2,19,24,25). The number of primary sulfonamides is 1. The Morgan fingerprint density at radius 2 is 1.96 bits per heavy atom. The van der Waals surface area contributed by atoms with Gasteiger partial charge in [-0.05, 0) is 36.6 Å². The molecule has 0 aromatic heterocycles. The summed E-state index contributed by atoms with van der Waals surface area (Å²) in [5.41, 5.74) is 1.16. The molecule has 0 atom stereocenters. The molecule has 1 aliphatic carbocycles. The molecule has 0 radical (unpaired) electrons. The Morgan fingerprint density at radius 1 is 1.23 bits per heavy atom. The van der Waals surface area contributed by atoms with Crippen molar-refractivity contribution in [1.82, 2.24) is 0 Å². The van der Waals surface area contributed by atoms with E-state index in [-0.39, 0.29) is 16.0 Å². The van der Waals surface area contributed by atoms with Crippen molar-refractivity contribution in [2.45, 2.75) is 29.6 Å². The molecule has 1 aliphatic rings. The predicted octanol–water partition coefficient (Wildman–Crippen LogP) is 3.54. The summed E-state index contributed by atoms with van der Waals surface area (Å²) < 4.78 is 24.2. The lowest BCUT2D eigenvalue weighted by Crippen LogP contribution is -2.41. The Hall–Kier alpha value is -1.97. The number of sulfonamides is 1. The minimum absolute atomic E-state index is 0.0733. The summed E-state index contributed by atoms with van der Waals surface area (Å²) in [5.74, 6) is 0. The van der Waals surface area contributed by atoms with E-state index in [1.807, 2.05) is 12.1 Å². The fraction of sp³-hybridized carbons (Fsp3) is 0.294. The molecule has 0 saturated heterocycles. The molecule has 138 valence electrons. The Balaban J connectivity index is 1.89. The highest BCUT2D eigenvalue weighted by Gasteiger charge is 2.38. The highest BCUT2D eigenvalue weighted by molar-refractivity contribution is 9.10. The number of nitrogens with two attached hydrogens (primary N) is 1. The van der Waals surface area contributed by atoms with Crippen LogP contribution in [0.3, 0.4) is 0 Å². The first kappa shape index (κ1) is 18.8. The van der Waals surface area contributed by atoms with Crippen molar-refractivity contribution in [2.24, 2.45) is 5.14 Å². The summed E-state index contributed by atoms with van der Waals surface area (Å²) in [6.07, 6.45) is 3.09. The van der Waals surface area contributed by atoms with Gasteiger partial charge in [0.25, 0.3) is 5.69 Å². The third kappa shape index (κ3) is 3.89. The number of non-ortho nitro benzene ring substituents is 1. The first-order valence-corrected chi connectivity index (χ1v) is 10.4. The molecule has 7 nitrogen and oxygen atoms in total. The van der Waals surface area contributed by atoms with Crippen LogP contribution in [0, 0.1) is 10.1 Å². The van der Waals surface area contributed by atoms with Crippen molar-refractivity contribution in [3.8, 4) is 0 Å². The van der Waals surface area contributed by atoms with Crippen LogP contribution in [0.5, 0.6) is 0 Å². The average Bonchev–Trinajstić information content (AvgIpc) is 2.53. The fourth-order valence-corrected chi connectivity index (χ4v) is 4.19. The van der Waals surface area contributed by atoms with Crippen LogP contribution in [-0.4, -0.2) is 19.9 Å². The van der Waals surface area contributed by atoms with Gasteiger partial charge in [0.05, 0.1) is 9.82 Å². The number of benzene rings is 2. The molecule has 2 aromatic rings. The molecule has 3 N–H and O–H groups in total.